The van der Waals surface area contributed by atoms with Gasteiger partial charge in [-0.3, -0.25) is 0 Å². The van der Waals surface area contributed by atoms with Crippen LogP contribution in [-0.2, 0) is 0 Å². The Morgan fingerprint density at radius 2 is 0.788 bits per heavy atom. The zero-order valence-corrected chi connectivity index (χ0v) is 33.0. The number of hydrogen-bond donors (Lipinski definition) is 0. The van der Waals surface area contributed by atoms with E-state index in [1.165, 1.54) is 97.6 Å². The molecule has 252 valence electrons. The van der Waals surface area contributed by atoms with Crippen molar-refractivity contribution in [3.05, 3.63) is 158 Å². The van der Waals surface area contributed by atoms with E-state index in [4.69, 9.17) is 0 Å². The third kappa shape index (κ3) is 5.41. The summed E-state index contributed by atoms with van der Waals surface area (Å²) in [7, 11) is -3.26. The lowest BCUT2D eigenvalue weighted by Gasteiger charge is -2.24. The van der Waals surface area contributed by atoms with Crippen LogP contribution in [0.1, 0.15) is 0 Å². The second-order valence-electron chi connectivity index (χ2n) is 16.6. The highest BCUT2D eigenvalue weighted by molar-refractivity contribution is 6.89. The predicted octanol–water partition coefficient (Wildman–Crippen LogP) is 13.5. The molecule has 0 aliphatic carbocycles. The number of fused-ring (bicyclic) bond motifs is 5. The molecule has 9 rings (SSSR count). The zero-order chi connectivity index (χ0) is 35.8. The van der Waals surface area contributed by atoms with E-state index < -0.39 is 16.1 Å². The lowest BCUT2D eigenvalue weighted by Crippen LogP contribution is -2.37. The van der Waals surface area contributed by atoms with Crippen LogP contribution in [0.25, 0.3) is 87.2 Å². The summed E-state index contributed by atoms with van der Waals surface area (Å²) in [4.78, 5) is 0. The van der Waals surface area contributed by atoms with Crippen molar-refractivity contribution >= 4 is 80.4 Å². The lowest BCUT2D eigenvalue weighted by molar-refractivity contribution is 1.66. The quantitative estimate of drug-likeness (QED) is 0.124. The Morgan fingerprint density at radius 1 is 0.288 bits per heavy atom. The summed E-state index contributed by atoms with van der Waals surface area (Å²) >= 11 is 0. The highest BCUT2D eigenvalue weighted by Crippen LogP contribution is 2.47. The van der Waals surface area contributed by atoms with Gasteiger partial charge in [0.15, 0.2) is 0 Å². The standard InChI is InChI=1S/C50H44Si2/c1-51(2,3)37-25-27-46-47(31-37)49(36-23-22-33-14-7-8-16-35(33)30-36)45-26-24-38(52(4,5)6)32-48(45)50(46)44-29-28-43(41-19-11-12-20-42(41)44)40-21-13-17-34-15-9-10-18-39(34)40/h7-32H,1-6H3. The van der Waals surface area contributed by atoms with Gasteiger partial charge < -0.3 is 0 Å². The minimum Gasteiger partial charge on any atom is -0.0656 e. The molecule has 0 spiro atoms. The first kappa shape index (κ1) is 32.6. The van der Waals surface area contributed by atoms with E-state index in [0.717, 1.165) is 0 Å². The van der Waals surface area contributed by atoms with Crippen molar-refractivity contribution in [1.82, 2.24) is 0 Å². The molecule has 0 nitrogen and oxygen atoms in total. The van der Waals surface area contributed by atoms with E-state index in [1.54, 1.807) is 0 Å². The summed E-state index contributed by atoms with van der Waals surface area (Å²) in [5, 5.41) is 16.0. The molecule has 0 saturated carbocycles. The number of benzene rings is 9. The van der Waals surface area contributed by atoms with E-state index in [2.05, 4.69) is 197 Å². The highest BCUT2D eigenvalue weighted by atomic mass is 28.3. The molecular weight excluding hydrogens is 657 g/mol. The van der Waals surface area contributed by atoms with Crippen molar-refractivity contribution in [3.8, 4) is 33.4 Å². The van der Waals surface area contributed by atoms with Gasteiger partial charge >= 0.3 is 0 Å². The third-order valence-corrected chi connectivity index (χ3v) is 15.2. The largest absolute Gasteiger partial charge is 0.0776 e. The molecule has 0 N–H and O–H groups in total. The van der Waals surface area contributed by atoms with Crippen molar-refractivity contribution < 1.29 is 0 Å². The van der Waals surface area contributed by atoms with Crippen molar-refractivity contribution in [1.29, 1.82) is 0 Å². The Labute approximate surface area is 309 Å². The summed E-state index contributed by atoms with van der Waals surface area (Å²) in [5.74, 6) is 0. The fraction of sp³-hybridized carbons (Fsp3) is 0.120. The third-order valence-electron chi connectivity index (χ3n) is 11.2. The average molecular weight is 701 g/mol. The van der Waals surface area contributed by atoms with Crippen molar-refractivity contribution in [3.63, 3.8) is 0 Å². The monoisotopic (exact) mass is 700 g/mol. The molecule has 0 aliphatic heterocycles. The molecule has 52 heavy (non-hydrogen) atoms. The van der Waals surface area contributed by atoms with Gasteiger partial charge in [0.1, 0.15) is 0 Å². The van der Waals surface area contributed by atoms with E-state index in [-0.39, 0.29) is 0 Å². The van der Waals surface area contributed by atoms with E-state index >= 15 is 0 Å². The molecule has 0 atom stereocenters. The van der Waals surface area contributed by atoms with Crippen LogP contribution < -0.4 is 10.4 Å². The minimum absolute atomic E-state index is 1.27. The first-order valence-electron chi connectivity index (χ1n) is 18.6. The van der Waals surface area contributed by atoms with Gasteiger partial charge in [-0.1, -0.05) is 201 Å². The Hall–Kier alpha value is -5.29. The Balaban J connectivity index is 1.43. The number of rotatable bonds is 5. The minimum atomic E-state index is -1.64. The molecule has 0 aromatic heterocycles. The molecule has 9 aromatic rings. The van der Waals surface area contributed by atoms with Crippen LogP contribution in [0.4, 0.5) is 0 Å². The van der Waals surface area contributed by atoms with Crippen molar-refractivity contribution in [2.24, 2.45) is 0 Å². The van der Waals surface area contributed by atoms with Gasteiger partial charge in [0.05, 0.1) is 16.1 Å². The maximum absolute atomic E-state index is 2.56. The molecule has 0 aliphatic rings. The predicted molar refractivity (Wildman–Crippen MR) is 236 cm³/mol. The van der Waals surface area contributed by atoms with Gasteiger partial charge in [0.2, 0.25) is 0 Å². The second kappa shape index (κ2) is 12.2. The zero-order valence-electron chi connectivity index (χ0n) is 31.0. The smallest absolute Gasteiger partial charge is 0.0656 e. The Bertz CT molecular complexity index is 2860. The molecule has 0 unspecified atom stereocenters. The summed E-state index contributed by atoms with van der Waals surface area (Å²) in [6.45, 7) is 14.8. The molecule has 2 heteroatoms. The van der Waals surface area contributed by atoms with Crippen molar-refractivity contribution in [2.45, 2.75) is 39.3 Å². The van der Waals surface area contributed by atoms with Gasteiger partial charge in [0, 0.05) is 0 Å². The summed E-state index contributed by atoms with van der Waals surface area (Å²) < 4.78 is 0. The molecule has 0 saturated heterocycles. The fourth-order valence-corrected chi connectivity index (χ4v) is 10.6. The molecule has 9 aromatic carbocycles. The molecular formula is C50H44Si2. The summed E-state index contributed by atoms with van der Waals surface area (Å²) in [6.07, 6.45) is 0. The van der Waals surface area contributed by atoms with Crippen LogP contribution in [-0.4, -0.2) is 16.1 Å². The van der Waals surface area contributed by atoms with Gasteiger partial charge in [-0.2, -0.15) is 0 Å². The first-order chi connectivity index (χ1) is 25.1. The van der Waals surface area contributed by atoms with Crippen LogP contribution in [0.3, 0.4) is 0 Å². The van der Waals surface area contributed by atoms with Crippen LogP contribution >= 0.6 is 0 Å². The normalized spacial score (nSPS) is 12.4. The second-order valence-corrected chi connectivity index (χ2v) is 26.7. The van der Waals surface area contributed by atoms with Gasteiger partial charge in [-0.15, -0.1) is 0 Å². The molecule has 0 amide bonds. The average Bonchev–Trinajstić information content (AvgIpc) is 3.15. The van der Waals surface area contributed by atoms with Crippen molar-refractivity contribution in [2.75, 3.05) is 0 Å². The summed E-state index contributed by atoms with van der Waals surface area (Å²) in [5.41, 5.74) is 7.83. The topological polar surface area (TPSA) is 0 Å². The van der Waals surface area contributed by atoms with Crippen LogP contribution in [0, 0.1) is 0 Å². The molecule has 0 heterocycles. The molecule has 0 fully saturated rings. The molecule has 0 radical (unpaired) electrons. The van der Waals surface area contributed by atoms with Gasteiger partial charge in [-0.25, -0.2) is 0 Å². The maximum Gasteiger partial charge on any atom is 0.0776 e. The van der Waals surface area contributed by atoms with E-state index in [1.807, 2.05) is 0 Å². The van der Waals surface area contributed by atoms with Gasteiger partial charge in [-0.05, 0) is 93.3 Å². The van der Waals surface area contributed by atoms with E-state index in [9.17, 15) is 0 Å². The SMILES string of the molecule is C[Si](C)(C)c1ccc2c(-c3ccc(-c4cccc5ccccc45)c4ccccc34)c3cc([Si](C)(C)C)ccc3c(-c3ccc4ccccc4c3)c2c1. The van der Waals surface area contributed by atoms with Gasteiger partial charge in [0.25, 0.3) is 0 Å². The van der Waals surface area contributed by atoms with Crippen LogP contribution in [0.15, 0.2) is 158 Å². The fourth-order valence-electron chi connectivity index (χ4n) is 8.32. The Kier molecular flexibility index (Phi) is 7.62. The Morgan fingerprint density at radius 3 is 1.46 bits per heavy atom. The van der Waals surface area contributed by atoms with Crippen LogP contribution in [0.5, 0.6) is 0 Å². The number of hydrogen-bond acceptors (Lipinski definition) is 0. The van der Waals surface area contributed by atoms with Crippen LogP contribution in [0.2, 0.25) is 39.3 Å². The van der Waals surface area contributed by atoms with E-state index in [0.29, 0.717) is 0 Å². The first-order valence-corrected chi connectivity index (χ1v) is 25.6. The highest BCUT2D eigenvalue weighted by Gasteiger charge is 2.25. The maximum atomic E-state index is 2.56. The summed E-state index contributed by atoms with van der Waals surface area (Å²) in [6, 6.07) is 60.0. The molecule has 0 bridgehead atoms. The lowest BCUT2D eigenvalue weighted by atomic mass is 9.83.